The van der Waals surface area contributed by atoms with Crippen LogP contribution in [0.5, 0.6) is 0 Å². The molecule has 0 amide bonds. The van der Waals surface area contributed by atoms with Gasteiger partial charge in [-0.25, -0.2) is 0 Å². The Morgan fingerprint density at radius 2 is 2.35 bits per heavy atom. The highest BCUT2D eigenvalue weighted by molar-refractivity contribution is 6.33. The summed E-state index contributed by atoms with van der Waals surface area (Å²) in [5.41, 5.74) is 0.591. The minimum atomic E-state index is 0.0704. The smallest absolute Gasteiger partial charge is 0.187 e. The Labute approximate surface area is 124 Å². The van der Waals surface area contributed by atoms with Crippen molar-refractivity contribution in [2.75, 3.05) is 20.6 Å². The van der Waals surface area contributed by atoms with Crippen molar-refractivity contribution in [3.63, 3.8) is 0 Å². The van der Waals surface area contributed by atoms with E-state index in [1.54, 1.807) is 10.9 Å². The number of rotatable bonds is 5. The van der Waals surface area contributed by atoms with Crippen molar-refractivity contribution in [3.8, 4) is 0 Å². The van der Waals surface area contributed by atoms with Crippen molar-refractivity contribution in [2.24, 2.45) is 5.92 Å². The lowest BCUT2D eigenvalue weighted by Crippen LogP contribution is -2.31. The molecule has 3 unspecified atom stereocenters. The molecule has 0 radical (unpaired) electrons. The molecular weight excluding hydrogens is 276 g/mol. The van der Waals surface area contributed by atoms with Crippen LogP contribution in [-0.2, 0) is 6.54 Å². The van der Waals surface area contributed by atoms with Crippen molar-refractivity contribution in [3.05, 3.63) is 16.9 Å². The van der Waals surface area contributed by atoms with Gasteiger partial charge < -0.3 is 10.2 Å². The first-order valence-electron chi connectivity index (χ1n) is 7.22. The van der Waals surface area contributed by atoms with Crippen molar-refractivity contribution in [2.45, 2.75) is 37.9 Å². The van der Waals surface area contributed by atoms with Gasteiger partial charge in [0, 0.05) is 24.5 Å². The first-order chi connectivity index (χ1) is 9.56. The molecule has 2 bridgehead atoms. The van der Waals surface area contributed by atoms with Gasteiger partial charge in [0.15, 0.2) is 5.78 Å². The van der Waals surface area contributed by atoms with Gasteiger partial charge in [-0.1, -0.05) is 11.6 Å². The van der Waals surface area contributed by atoms with Crippen molar-refractivity contribution >= 4 is 17.4 Å². The molecule has 2 fully saturated rings. The standard InChI is InChI=1S/C14H21ClN4O/c1-18(2)5-6-19-13(11(15)8-16-19)14(20)10-7-9-3-4-12(10)17-9/h8-10,12,17H,3-7H2,1-2H3. The number of hydrogen-bond acceptors (Lipinski definition) is 4. The second kappa shape index (κ2) is 5.47. The first-order valence-corrected chi connectivity index (χ1v) is 7.60. The van der Waals surface area contributed by atoms with E-state index in [0.717, 1.165) is 19.4 Å². The highest BCUT2D eigenvalue weighted by atomic mass is 35.5. The number of nitrogens with zero attached hydrogens (tertiary/aromatic N) is 3. The molecule has 3 heterocycles. The summed E-state index contributed by atoms with van der Waals surface area (Å²) in [5.74, 6) is 0.229. The molecule has 20 heavy (non-hydrogen) atoms. The molecule has 3 rings (SSSR count). The third kappa shape index (κ3) is 2.50. The second-order valence-electron chi connectivity index (χ2n) is 6.12. The van der Waals surface area contributed by atoms with Gasteiger partial charge in [0.1, 0.15) is 5.69 Å². The van der Waals surface area contributed by atoms with Crippen LogP contribution < -0.4 is 5.32 Å². The van der Waals surface area contributed by atoms with Crippen LogP contribution in [0, 0.1) is 5.92 Å². The average Bonchev–Trinajstić information content (AvgIpc) is 3.10. The van der Waals surface area contributed by atoms with Gasteiger partial charge in [0.25, 0.3) is 0 Å². The summed E-state index contributed by atoms with van der Waals surface area (Å²) in [7, 11) is 4.01. The Morgan fingerprint density at radius 3 is 2.95 bits per heavy atom. The molecule has 6 heteroatoms. The Balaban J connectivity index is 1.78. The molecule has 0 saturated carbocycles. The van der Waals surface area contributed by atoms with Crippen LogP contribution in [-0.4, -0.2) is 53.2 Å². The predicted molar refractivity (Wildman–Crippen MR) is 78.2 cm³/mol. The number of ketones is 1. The normalized spacial score (nSPS) is 28.5. The quantitative estimate of drug-likeness (QED) is 0.835. The molecular formula is C14H21ClN4O. The number of aromatic nitrogens is 2. The van der Waals surface area contributed by atoms with Gasteiger partial charge in [0.2, 0.25) is 0 Å². The number of nitrogens with one attached hydrogen (secondary N) is 1. The number of halogens is 1. The van der Waals surface area contributed by atoms with Crippen LogP contribution >= 0.6 is 11.6 Å². The topological polar surface area (TPSA) is 50.2 Å². The van der Waals surface area contributed by atoms with E-state index in [4.69, 9.17) is 11.6 Å². The van der Waals surface area contributed by atoms with Gasteiger partial charge in [0.05, 0.1) is 17.8 Å². The highest BCUT2D eigenvalue weighted by Gasteiger charge is 2.44. The predicted octanol–water partition coefficient (Wildman–Crippen LogP) is 1.42. The fourth-order valence-corrected chi connectivity index (χ4v) is 3.60. The Kier molecular flexibility index (Phi) is 3.84. The molecule has 1 aromatic heterocycles. The zero-order valence-electron chi connectivity index (χ0n) is 12.0. The van der Waals surface area contributed by atoms with Crippen LogP contribution in [0.3, 0.4) is 0 Å². The summed E-state index contributed by atoms with van der Waals surface area (Å²) in [6.07, 6.45) is 4.83. The molecule has 110 valence electrons. The minimum Gasteiger partial charge on any atom is -0.310 e. The van der Waals surface area contributed by atoms with E-state index in [1.165, 1.54) is 6.42 Å². The van der Waals surface area contributed by atoms with Gasteiger partial charge in [-0.3, -0.25) is 9.48 Å². The van der Waals surface area contributed by atoms with Crippen LogP contribution in [0.1, 0.15) is 29.8 Å². The molecule has 0 aliphatic carbocycles. The SMILES string of the molecule is CN(C)CCn1ncc(Cl)c1C(=O)C1CC2CCC1N2. The largest absolute Gasteiger partial charge is 0.310 e. The number of fused-ring (bicyclic) bond motifs is 2. The van der Waals surface area contributed by atoms with Crippen molar-refractivity contribution in [1.29, 1.82) is 0 Å². The number of likely N-dealkylation sites (N-methyl/N-ethyl adjacent to an activating group) is 1. The van der Waals surface area contributed by atoms with E-state index >= 15 is 0 Å². The lowest BCUT2D eigenvalue weighted by molar-refractivity contribution is 0.0889. The monoisotopic (exact) mass is 296 g/mol. The van der Waals surface area contributed by atoms with Crippen molar-refractivity contribution in [1.82, 2.24) is 20.0 Å². The number of hydrogen-bond donors (Lipinski definition) is 1. The molecule has 5 nitrogen and oxygen atoms in total. The van der Waals surface area contributed by atoms with Crippen LogP contribution in [0.2, 0.25) is 5.02 Å². The van der Waals surface area contributed by atoms with E-state index in [-0.39, 0.29) is 11.7 Å². The number of Topliss-reactive ketones (excluding diaryl/α,β-unsaturated/α-hetero) is 1. The lowest BCUT2D eigenvalue weighted by Gasteiger charge is -2.20. The molecule has 0 spiro atoms. The van der Waals surface area contributed by atoms with Gasteiger partial charge in [-0.05, 0) is 33.4 Å². The zero-order valence-corrected chi connectivity index (χ0v) is 12.7. The highest BCUT2D eigenvalue weighted by Crippen LogP contribution is 2.36. The molecule has 2 aliphatic heterocycles. The summed E-state index contributed by atoms with van der Waals surface area (Å²) < 4.78 is 1.76. The maximum absolute atomic E-state index is 12.8. The summed E-state index contributed by atoms with van der Waals surface area (Å²) in [4.78, 5) is 14.9. The molecule has 2 aliphatic rings. The van der Waals surface area contributed by atoms with Crippen molar-refractivity contribution < 1.29 is 4.79 Å². The van der Waals surface area contributed by atoms with Crippen LogP contribution in [0.25, 0.3) is 0 Å². The van der Waals surface area contributed by atoms with E-state index in [1.807, 2.05) is 14.1 Å². The maximum atomic E-state index is 12.8. The van der Waals surface area contributed by atoms with Gasteiger partial charge >= 0.3 is 0 Å². The van der Waals surface area contributed by atoms with E-state index in [0.29, 0.717) is 29.3 Å². The van der Waals surface area contributed by atoms with Gasteiger partial charge in [-0.2, -0.15) is 5.10 Å². The Bertz CT molecular complexity index is 513. The maximum Gasteiger partial charge on any atom is 0.187 e. The lowest BCUT2D eigenvalue weighted by atomic mass is 9.85. The van der Waals surface area contributed by atoms with E-state index < -0.39 is 0 Å². The molecule has 1 aromatic rings. The Hall–Kier alpha value is -0.910. The van der Waals surface area contributed by atoms with Crippen LogP contribution in [0.15, 0.2) is 6.20 Å². The summed E-state index contributed by atoms with van der Waals surface area (Å²) >= 11 is 6.20. The number of carbonyl (C=O) groups is 1. The minimum absolute atomic E-state index is 0.0704. The Morgan fingerprint density at radius 1 is 1.55 bits per heavy atom. The van der Waals surface area contributed by atoms with Crippen LogP contribution in [0.4, 0.5) is 0 Å². The molecule has 3 atom stereocenters. The average molecular weight is 297 g/mol. The third-order valence-electron chi connectivity index (χ3n) is 4.42. The second-order valence-corrected chi connectivity index (χ2v) is 6.53. The summed E-state index contributed by atoms with van der Waals surface area (Å²) in [5, 5.41) is 8.25. The molecule has 1 N–H and O–H groups in total. The van der Waals surface area contributed by atoms with Gasteiger partial charge in [-0.15, -0.1) is 0 Å². The summed E-state index contributed by atoms with van der Waals surface area (Å²) in [6.45, 7) is 1.53. The van der Waals surface area contributed by atoms with E-state index in [9.17, 15) is 4.79 Å². The molecule has 2 saturated heterocycles. The molecule has 0 aromatic carbocycles. The zero-order chi connectivity index (χ0) is 14.3. The fourth-order valence-electron chi connectivity index (χ4n) is 3.36. The fraction of sp³-hybridized carbons (Fsp3) is 0.714. The van der Waals surface area contributed by atoms with E-state index in [2.05, 4.69) is 15.3 Å². The number of carbonyl (C=O) groups excluding carboxylic acids is 1. The first kappa shape index (κ1) is 14.0. The third-order valence-corrected chi connectivity index (χ3v) is 4.70. The summed E-state index contributed by atoms with van der Waals surface area (Å²) in [6, 6.07) is 0.853.